The van der Waals surface area contributed by atoms with Crippen LogP contribution in [0.5, 0.6) is 5.75 Å². The summed E-state index contributed by atoms with van der Waals surface area (Å²) in [5.41, 5.74) is 2.06. The van der Waals surface area contributed by atoms with Crippen LogP contribution in [0, 0.1) is 11.3 Å². The van der Waals surface area contributed by atoms with Crippen molar-refractivity contribution < 1.29 is 9.47 Å². The van der Waals surface area contributed by atoms with Crippen LogP contribution >= 0.6 is 0 Å². The number of rotatable bonds is 2. The van der Waals surface area contributed by atoms with Crippen LogP contribution in [0.15, 0.2) is 24.4 Å². The van der Waals surface area contributed by atoms with Crippen LogP contribution in [0.4, 0.5) is 0 Å². The second-order valence-electron chi connectivity index (χ2n) is 3.76. The fraction of sp³-hybridized carbons (Fsp3) is 0.250. The van der Waals surface area contributed by atoms with E-state index in [0.29, 0.717) is 0 Å². The van der Waals surface area contributed by atoms with Gasteiger partial charge in [-0.1, -0.05) is 0 Å². The lowest BCUT2D eigenvalue weighted by Gasteiger charge is -1.99. The Morgan fingerprint density at radius 1 is 1.50 bits per heavy atom. The quantitative estimate of drug-likeness (QED) is 0.779. The second kappa shape index (κ2) is 3.26. The molecule has 2 atom stereocenters. The van der Waals surface area contributed by atoms with Gasteiger partial charge >= 0.3 is 0 Å². The zero-order valence-corrected chi connectivity index (χ0v) is 8.73. The smallest absolute Gasteiger partial charge is 0.175 e. The van der Waals surface area contributed by atoms with Crippen LogP contribution in [0.25, 0.3) is 10.9 Å². The van der Waals surface area contributed by atoms with Gasteiger partial charge in [-0.2, -0.15) is 5.26 Å². The third-order valence-electron chi connectivity index (χ3n) is 2.85. The van der Waals surface area contributed by atoms with Gasteiger partial charge in [-0.15, -0.1) is 0 Å². The van der Waals surface area contributed by atoms with Crippen molar-refractivity contribution in [2.75, 3.05) is 7.11 Å². The summed E-state index contributed by atoms with van der Waals surface area (Å²) in [5, 5.41) is 9.80. The van der Waals surface area contributed by atoms with Crippen molar-refractivity contribution in [1.82, 2.24) is 4.98 Å². The van der Waals surface area contributed by atoms with Crippen LogP contribution in [0.2, 0.25) is 0 Å². The minimum Gasteiger partial charge on any atom is -0.497 e. The van der Waals surface area contributed by atoms with Gasteiger partial charge in [0.05, 0.1) is 13.2 Å². The Hall–Kier alpha value is -1.99. The van der Waals surface area contributed by atoms with E-state index in [1.807, 2.05) is 24.4 Å². The monoisotopic (exact) mass is 214 g/mol. The normalized spacial score (nSPS) is 23.0. The fourth-order valence-corrected chi connectivity index (χ4v) is 1.93. The van der Waals surface area contributed by atoms with E-state index in [2.05, 4.69) is 11.1 Å². The molecule has 1 fully saturated rings. The van der Waals surface area contributed by atoms with E-state index in [0.717, 1.165) is 22.2 Å². The number of nitriles is 1. The van der Waals surface area contributed by atoms with Crippen LogP contribution < -0.4 is 4.74 Å². The zero-order valence-electron chi connectivity index (χ0n) is 8.73. The number of ether oxygens (including phenoxy) is 2. The van der Waals surface area contributed by atoms with Gasteiger partial charge in [-0.25, -0.2) is 0 Å². The molecule has 2 aromatic rings. The number of hydrogen-bond donors (Lipinski definition) is 1. The van der Waals surface area contributed by atoms with E-state index in [4.69, 9.17) is 14.7 Å². The van der Waals surface area contributed by atoms with Crippen LogP contribution in [0.1, 0.15) is 11.7 Å². The number of nitrogens with zero attached hydrogens (tertiary/aromatic N) is 1. The highest BCUT2D eigenvalue weighted by molar-refractivity contribution is 5.85. The summed E-state index contributed by atoms with van der Waals surface area (Å²) >= 11 is 0. The molecule has 4 heteroatoms. The summed E-state index contributed by atoms with van der Waals surface area (Å²) in [6.07, 6.45) is 1.50. The van der Waals surface area contributed by atoms with Crippen molar-refractivity contribution in [1.29, 1.82) is 5.26 Å². The van der Waals surface area contributed by atoms with Gasteiger partial charge in [-0.3, -0.25) is 0 Å². The Morgan fingerprint density at radius 3 is 3.06 bits per heavy atom. The van der Waals surface area contributed by atoms with Crippen LogP contribution in [0.3, 0.4) is 0 Å². The number of aromatic nitrogens is 1. The van der Waals surface area contributed by atoms with Gasteiger partial charge in [0.2, 0.25) is 0 Å². The molecule has 1 aromatic heterocycles. The summed E-state index contributed by atoms with van der Waals surface area (Å²) in [4.78, 5) is 3.16. The van der Waals surface area contributed by atoms with E-state index in [-0.39, 0.29) is 12.2 Å². The lowest BCUT2D eigenvalue weighted by Crippen LogP contribution is -1.84. The number of fused-ring (bicyclic) bond motifs is 1. The summed E-state index contributed by atoms with van der Waals surface area (Å²) in [5.74, 6) is 0.808. The summed E-state index contributed by atoms with van der Waals surface area (Å²) < 4.78 is 10.5. The zero-order chi connectivity index (χ0) is 11.1. The average Bonchev–Trinajstić information content (AvgIpc) is 3.00. The number of hydrogen-bond acceptors (Lipinski definition) is 3. The molecule has 1 aromatic carbocycles. The maximum Gasteiger partial charge on any atom is 0.175 e. The van der Waals surface area contributed by atoms with Crippen molar-refractivity contribution >= 4 is 10.9 Å². The third kappa shape index (κ3) is 1.26. The SMILES string of the molecule is COc1ccc2[nH]cc(C3OC3C#N)c2c1. The molecule has 1 saturated heterocycles. The molecule has 16 heavy (non-hydrogen) atoms. The molecule has 3 rings (SSSR count). The molecule has 2 unspecified atom stereocenters. The Kier molecular flexibility index (Phi) is 1.88. The topological polar surface area (TPSA) is 61.3 Å². The largest absolute Gasteiger partial charge is 0.497 e. The molecule has 1 aliphatic heterocycles. The molecular formula is C12H10N2O2. The number of aromatic amines is 1. The minimum absolute atomic E-state index is 0.0918. The van der Waals surface area contributed by atoms with Crippen molar-refractivity contribution in [3.63, 3.8) is 0 Å². The first-order valence-corrected chi connectivity index (χ1v) is 5.03. The van der Waals surface area contributed by atoms with Crippen molar-refractivity contribution in [3.05, 3.63) is 30.0 Å². The molecule has 1 N–H and O–H groups in total. The number of H-pyrrole nitrogens is 1. The van der Waals surface area contributed by atoms with Gasteiger partial charge in [0.15, 0.2) is 6.10 Å². The number of methoxy groups -OCH3 is 1. The summed E-state index contributed by atoms with van der Waals surface area (Å²) in [7, 11) is 1.64. The van der Waals surface area contributed by atoms with Gasteiger partial charge < -0.3 is 14.5 Å². The maximum atomic E-state index is 8.74. The molecule has 0 amide bonds. The van der Waals surface area contributed by atoms with Gasteiger partial charge in [0, 0.05) is 22.7 Å². The van der Waals surface area contributed by atoms with E-state index in [1.54, 1.807) is 7.11 Å². The van der Waals surface area contributed by atoms with Crippen LogP contribution in [-0.4, -0.2) is 18.2 Å². The predicted molar refractivity (Wildman–Crippen MR) is 58.1 cm³/mol. The first-order chi connectivity index (χ1) is 7.83. The first kappa shape index (κ1) is 9.25. The van der Waals surface area contributed by atoms with Crippen molar-refractivity contribution in [2.24, 2.45) is 0 Å². The molecule has 1 aliphatic rings. The Balaban J connectivity index is 2.09. The average molecular weight is 214 g/mol. The highest BCUT2D eigenvalue weighted by Crippen LogP contribution is 2.41. The van der Waals surface area contributed by atoms with Crippen molar-refractivity contribution in [2.45, 2.75) is 12.2 Å². The van der Waals surface area contributed by atoms with E-state index >= 15 is 0 Å². The minimum atomic E-state index is -0.301. The second-order valence-corrected chi connectivity index (χ2v) is 3.76. The summed E-state index contributed by atoms with van der Waals surface area (Å²) in [6.45, 7) is 0. The lowest BCUT2D eigenvalue weighted by atomic mass is 10.1. The molecule has 0 spiro atoms. The molecule has 0 saturated carbocycles. The van der Waals surface area contributed by atoms with E-state index in [9.17, 15) is 0 Å². The molecule has 0 radical (unpaired) electrons. The fourth-order valence-electron chi connectivity index (χ4n) is 1.93. The third-order valence-corrected chi connectivity index (χ3v) is 2.85. The number of nitrogens with one attached hydrogen (secondary N) is 1. The number of benzene rings is 1. The standard InChI is InChI=1S/C12H10N2O2/c1-15-7-2-3-10-8(4-7)9(6-14-10)12-11(5-13)16-12/h2-4,6,11-12,14H,1H3. The van der Waals surface area contributed by atoms with Crippen LogP contribution in [-0.2, 0) is 4.74 Å². The maximum absolute atomic E-state index is 8.74. The van der Waals surface area contributed by atoms with Crippen molar-refractivity contribution in [3.8, 4) is 11.8 Å². The van der Waals surface area contributed by atoms with Gasteiger partial charge in [0.1, 0.15) is 11.9 Å². The van der Waals surface area contributed by atoms with Gasteiger partial charge in [-0.05, 0) is 18.2 Å². The first-order valence-electron chi connectivity index (χ1n) is 5.03. The Morgan fingerprint density at radius 2 is 2.38 bits per heavy atom. The molecule has 2 heterocycles. The molecular weight excluding hydrogens is 204 g/mol. The number of epoxide rings is 1. The Labute approximate surface area is 92.4 Å². The molecule has 4 nitrogen and oxygen atoms in total. The molecule has 0 aliphatic carbocycles. The van der Waals surface area contributed by atoms with Gasteiger partial charge in [0.25, 0.3) is 0 Å². The Bertz CT molecular complexity index is 582. The highest BCUT2D eigenvalue weighted by Gasteiger charge is 2.41. The molecule has 0 bridgehead atoms. The predicted octanol–water partition coefficient (Wildman–Crippen LogP) is 2.14. The van der Waals surface area contributed by atoms with E-state index < -0.39 is 0 Å². The summed E-state index contributed by atoms with van der Waals surface area (Å²) in [6, 6.07) is 7.92. The molecule has 80 valence electrons. The lowest BCUT2D eigenvalue weighted by molar-refractivity contribution is 0.397. The highest BCUT2D eigenvalue weighted by atomic mass is 16.6. The van der Waals surface area contributed by atoms with E-state index in [1.165, 1.54) is 0 Å².